The van der Waals surface area contributed by atoms with Gasteiger partial charge in [0.2, 0.25) is 0 Å². The Morgan fingerprint density at radius 1 is 1.00 bits per heavy atom. The van der Waals surface area contributed by atoms with Gasteiger partial charge in [0.1, 0.15) is 11.6 Å². The number of nitrogen functional groups attached to an aromatic ring is 1. The molecule has 0 radical (unpaired) electrons. The standard InChI is InChI=1S/C26H32N6O4/c1-15(33)16-10-12-32(13-11-16)24-21(25(34)29-20-8-6-19(7-9-20)26(35)36)14-22(30-31-24)17-2-4-18(5-3-17)23(27)28/h2-5,14,16,19-20H,6-13H2,1H3,(H3,27,28)(H,29,34)(H,35,36). The van der Waals surface area contributed by atoms with Gasteiger partial charge in [0, 0.05) is 36.2 Å². The number of nitrogens with one attached hydrogen (secondary N) is 2. The van der Waals surface area contributed by atoms with Gasteiger partial charge in [0.05, 0.1) is 17.2 Å². The van der Waals surface area contributed by atoms with Gasteiger partial charge in [-0.15, -0.1) is 10.2 Å². The van der Waals surface area contributed by atoms with Crippen molar-refractivity contribution in [2.45, 2.75) is 51.5 Å². The van der Waals surface area contributed by atoms with Crippen LogP contribution in [0, 0.1) is 17.2 Å². The van der Waals surface area contributed by atoms with E-state index in [9.17, 15) is 19.5 Å². The van der Waals surface area contributed by atoms with E-state index in [4.69, 9.17) is 11.1 Å². The van der Waals surface area contributed by atoms with Crippen LogP contribution in [0.1, 0.15) is 61.4 Å². The predicted molar refractivity (Wildman–Crippen MR) is 135 cm³/mol. The zero-order chi connectivity index (χ0) is 25.8. The Kier molecular flexibility index (Phi) is 7.61. The lowest BCUT2D eigenvalue weighted by Gasteiger charge is -2.33. The van der Waals surface area contributed by atoms with Crippen molar-refractivity contribution in [3.8, 4) is 11.3 Å². The minimum Gasteiger partial charge on any atom is -0.481 e. The van der Waals surface area contributed by atoms with Crippen LogP contribution in [0.15, 0.2) is 30.3 Å². The molecule has 1 aliphatic heterocycles. The second kappa shape index (κ2) is 10.8. The zero-order valence-corrected chi connectivity index (χ0v) is 20.4. The number of amidine groups is 1. The first-order chi connectivity index (χ1) is 17.2. The molecule has 1 aromatic carbocycles. The van der Waals surface area contributed by atoms with E-state index in [2.05, 4.69) is 15.5 Å². The number of carboxylic acid groups (broad SMARTS) is 1. The van der Waals surface area contributed by atoms with E-state index in [0.717, 1.165) is 5.56 Å². The summed E-state index contributed by atoms with van der Waals surface area (Å²) in [6, 6.07) is 8.64. The molecule has 2 fully saturated rings. The van der Waals surface area contributed by atoms with E-state index in [-0.39, 0.29) is 35.4 Å². The van der Waals surface area contributed by atoms with E-state index in [1.54, 1.807) is 37.3 Å². The van der Waals surface area contributed by atoms with E-state index in [1.165, 1.54) is 0 Å². The van der Waals surface area contributed by atoms with Gasteiger partial charge < -0.3 is 21.1 Å². The van der Waals surface area contributed by atoms with E-state index in [1.807, 2.05) is 4.90 Å². The normalized spacial score (nSPS) is 20.5. The number of ketones is 1. The number of carboxylic acids is 1. The first-order valence-corrected chi connectivity index (χ1v) is 12.3. The number of Topliss-reactive ketones (excluding diaryl/α,β-unsaturated/α-hetero) is 1. The molecule has 1 saturated heterocycles. The number of nitrogens with zero attached hydrogens (tertiary/aromatic N) is 3. The molecule has 190 valence electrons. The number of nitrogens with two attached hydrogens (primary N) is 1. The van der Waals surface area contributed by atoms with E-state index >= 15 is 0 Å². The van der Waals surface area contributed by atoms with Crippen LogP contribution in [-0.2, 0) is 9.59 Å². The van der Waals surface area contributed by atoms with E-state index in [0.29, 0.717) is 74.3 Å². The molecule has 1 saturated carbocycles. The third-order valence-electron chi connectivity index (χ3n) is 7.29. The van der Waals surface area contributed by atoms with Gasteiger partial charge in [-0.3, -0.25) is 19.8 Å². The molecule has 36 heavy (non-hydrogen) atoms. The fourth-order valence-corrected chi connectivity index (χ4v) is 4.99. The van der Waals surface area contributed by atoms with Gasteiger partial charge >= 0.3 is 5.97 Å². The van der Waals surface area contributed by atoms with Crippen molar-refractivity contribution in [3.63, 3.8) is 0 Å². The highest BCUT2D eigenvalue weighted by molar-refractivity contribution is 6.00. The highest BCUT2D eigenvalue weighted by Crippen LogP contribution is 2.29. The third-order valence-corrected chi connectivity index (χ3v) is 7.29. The molecule has 0 bridgehead atoms. The molecular formula is C26H32N6O4. The number of piperidine rings is 1. The molecule has 0 atom stereocenters. The fourth-order valence-electron chi connectivity index (χ4n) is 4.99. The number of carbonyl (C=O) groups excluding carboxylic acids is 2. The van der Waals surface area contributed by atoms with Gasteiger partial charge in [-0.05, 0) is 51.5 Å². The SMILES string of the molecule is CC(=O)C1CCN(c2nnc(-c3ccc(C(=N)N)cc3)cc2C(=O)NC2CCC(C(=O)O)CC2)CC1. The molecule has 1 aromatic heterocycles. The van der Waals surface area contributed by atoms with Crippen molar-refractivity contribution < 1.29 is 19.5 Å². The number of hydrogen-bond acceptors (Lipinski definition) is 7. The molecule has 2 aromatic rings. The smallest absolute Gasteiger partial charge is 0.306 e. The van der Waals surface area contributed by atoms with Crippen molar-refractivity contribution in [2.75, 3.05) is 18.0 Å². The van der Waals surface area contributed by atoms with Crippen LogP contribution in [0.5, 0.6) is 0 Å². The molecule has 10 heteroatoms. The Morgan fingerprint density at radius 2 is 1.64 bits per heavy atom. The quantitative estimate of drug-likeness (QED) is 0.338. The number of carbonyl (C=O) groups is 3. The number of hydrogen-bond donors (Lipinski definition) is 4. The fraction of sp³-hybridized carbons (Fsp3) is 0.462. The Bertz CT molecular complexity index is 1150. The van der Waals surface area contributed by atoms with Crippen LogP contribution in [0.3, 0.4) is 0 Å². The Labute approximate surface area is 209 Å². The molecule has 0 unspecified atom stereocenters. The molecule has 1 amide bonds. The summed E-state index contributed by atoms with van der Waals surface area (Å²) in [6.07, 6.45) is 3.69. The second-order valence-electron chi connectivity index (χ2n) is 9.69. The summed E-state index contributed by atoms with van der Waals surface area (Å²) in [7, 11) is 0. The lowest BCUT2D eigenvalue weighted by molar-refractivity contribution is -0.142. The second-order valence-corrected chi connectivity index (χ2v) is 9.69. The van der Waals surface area contributed by atoms with Crippen LogP contribution in [0.25, 0.3) is 11.3 Å². The number of benzene rings is 1. The average Bonchev–Trinajstić information content (AvgIpc) is 2.88. The van der Waals surface area contributed by atoms with Crippen LogP contribution >= 0.6 is 0 Å². The number of anilines is 1. The van der Waals surface area contributed by atoms with Crippen LogP contribution in [0.4, 0.5) is 5.82 Å². The molecule has 5 N–H and O–H groups in total. The summed E-state index contributed by atoms with van der Waals surface area (Å²) in [5.41, 5.74) is 7.81. The summed E-state index contributed by atoms with van der Waals surface area (Å²) in [6.45, 7) is 2.83. The number of rotatable bonds is 7. The largest absolute Gasteiger partial charge is 0.481 e. The van der Waals surface area contributed by atoms with Crippen molar-refractivity contribution in [2.24, 2.45) is 17.6 Å². The highest BCUT2D eigenvalue weighted by Gasteiger charge is 2.30. The Balaban J connectivity index is 1.59. The van der Waals surface area contributed by atoms with Gasteiger partial charge in [-0.2, -0.15) is 0 Å². The lowest BCUT2D eigenvalue weighted by Crippen LogP contribution is -2.41. The predicted octanol–water partition coefficient (Wildman–Crippen LogP) is 2.61. The summed E-state index contributed by atoms with van der Waals surface area (Å²) in [4.78, 5) is 38.6. The minimum atomic E-state index is -0.783. The first kappa shape index (κ1) is 25.3. The molecular weight excluding hydrogens is 460 g/mol. The first-order valence-electron chi connectivity index (χ1n) is 12.3. The maximum atomic E-state index is 13.5. The number of aliphatic carboxylic acids is 1. The maximum absolute atomic E-state index is 13.5. The van der Waals surface area contributed by atoms with Crippen LogP contribution < -0.4 is 16.0 Å². The van der Waals surface area contributed by atoms with Gasteiger partial charge in [-0.25, -0.2) is 0 Å². The molecule has 4 rings (SSSR count). The van der Waals surface area contributed by atoms with Gasteiger partial charge in [0.25, 0.3) is 5.91 Å². The Hall–Kier alpha value is -3.82. The molecule has 1 aliphatic carbocycles. The minimum absolute atomic E-state index is 0.0231. The third kappa shape index (κ3) is 5.69. The number of amides is 1. The Morgan fingerprint density at radius 3 is 2.19 bits per heavy atom. The molecule has 2 heterocycles. The van der Waals surface area contributed by atoms with Crippen LogP contribution in [0.2, 0.25) is 0 Å². The molecule has 2 aliphatic rings. The summed E-state index contributed by atoms with van der Waals surface area (Å²) in [5, 5.41) is 28.7. The number of aromatic nitrogens is 2. The average molecular weight is 493 g/mol. The lowest BCUT2D eigenvalue weighted by atomic mass is 9.86. The summed E-state index contributed by atoms with van der Waals surface area (Å²) in [5.74, 6) is -0.755. The van der Waals surface area contributed by atoms with Crippen molar-refractivity contribution in [1.82, 2.24) is 15.5 Å². The topological polar surface area (TPSA) is 162 Å². The van der Waals surface area contributed by atoms with Gasteiger partial charge in [-0.1, -0.05) is 24.3 Å². The highest BCUT2D eigenvalue weighted by atomic mass is 16.4. The molecule has 10 nitrogen and oxygen atoms in total. The van der Waals surface area contributed by atoms with E-state index < -0.39 is 5.97 Å². The summed E-state index contributed by atoms with van der Waals surface area (Å²) < 4.78 is 0. The van der Waals surface area contributed by atoms with Gasteiger partial charge in [0.15, 0.2) is 5.82 Å². The van der Waals surface area contributed by atoms with Crippen molar-refractivity contribution >= 4 is 29.3 Å². The monoisotopic (exact) mass is 492 g/mol. The van der Waals surface area contributed by atoms with Crippen molar-refractivity contribution in [3.05, 3.63) is 41.5 Å². The summed E-state index contributed by atoms with van der Waals surface area (Å²) >= 11 is 0. The zero-order valence-electron chi connectivity index (χ0n) is 20.4. The molecule has 0 spiro atoms. The van der Waals surface area contributed by atoms with Crippen LogP contribution in [-0.4, -0.2) is 57.9 Å². The van der Waals surface area contributed by atoms with Crippen molar-refractivity contribution in [1.29, 1.82) is 5.41 Å². The maximum Gasteiger partial charge on any atom is 0.306 e.